The molecule has 1 aliphatic heterocycles. The Balaban J connectivity index is 1.54. The first kappa shape index (κ1) is 17.6. The SMILES string of the molecule is CN=C(NCc1c(C)noc1C)NC1CCN(c2cccc(Cl)c2)C1. The Morgan fingerprint density at radius 3 is 2.96 bits per heavy atom. The summed E-state index contributed by atoms with van der Waals surface area (Å²) in [5.74, 6) is 1.63. The second-order valence-electron chi connectivity index (χ2n) is 6.28. The van der Waals surface area contributed by atoms with Crippen LogP contribution in [0.1, 0.15) is 23.4 Å². The molecule has 1 fully saturated rings. The molecule has 1 aliphatic rings. The van der Waals surface area contributed by atoms with Gasteiger partial charge in [0.2, 0.25) is 0 Å². The topological polar surface area (TPSA) is 65.7 Å². The number of nitrogens with one attached hydrogen (secondary N) is 2. The molecule has 1 saturated heterocycles. The molecule has 2 heterocycles. The van der Waals surface area contributed by atoms with Crippen LogP contribution in [0.3, 0.4) is 0 Å². The van der Waals surface area contributed by atoms with Gasteiger partial charge in [0.1, 0.15) is 5.76 Å². The van der Waals surface area contributed by atoms with E-state index >= 15 is 0 Å². The number of rotatable bonds is 4. The lowest BCUT2D eigenvalue weighted by Crippen LogP contribution is -2.44. The number of benzene rings is 1. The van der Waals surface area contributed by atoms with Gasteiger partial charge in [-0.25, -0.2) is 0 Å². The Kier molecular flexibility index (Phi) is 5.48. The van der Waals surface area contributed by atoms with Gasteiger partial charge in [0.15, 0.2) is 5.96 Å². The molecule has 25 heavy (non-hydrogen) atoms. The number of aromatic nitrogens is 1. The maximum atomic E-state index is 6.10. The van der Waals surface area contributed by atoms with Gasteiger partial charge in [-0.2, -0.15) is 0 Å². The highest BCUT2D eigenvalue weighted by Crippen LogP contribution is 2.23. The lowest BCUT2D eigenvalue weighted by atomic mass is 10.2. The third-order valence-electron chi connectivity index (χ3n) is 4.54. The Morgan fingerprint density at radius 2 is 2.28 bits per heavy atom. The Morgan fingerprint density at radius 1 is 1.44 bits per heavy atom. The van der Waals surface area contributed by atoms with Crippen LogP contribution in [0.4, 0.5) is 5.69 Å². The third kappa shape index (κ3) is 4.25. The molecule has 0 aliphatic carbocycles. The average molecular weight is 362 g/mol. The molecule has 1 aromatic carbocycles. The van der Waals surface area contributed by atoms with Crippen LogP contribution in [0.2, 0.25) is 5.02 Å². The number of nitrogens with zero attached hydrogens (tertiary/aromatic N) is 3. The zero-order valence-electron chi connectivity index (χ0n) is 14.8. The summed E-state index contributed by atoms with van der Waals surface area (Å²) in [5.41, 5.74) is 3.15. The van der Waals surface area contributed by atoms with E-state index in [9.17, 15) is 0 Å². The second-order valence-corrected chi connectivity index (χ2v) is 6.72. The number of aryl methyl sites for hydroxylation is 2. The zero-order chi connectivity index (χ0) is 17.8. The molecule has 134 valence electrons. The van der Waals surface area contributed by atoms with E-state index in [0.717, 1.165) is 53.2 Å². The van der Waals surface area contributed by atoms with Crippen molar-refractivity contribution in [3.63, 3.8) is 0 Å². The van der Waals surface area contributed by atoms with Gasteiger partial charge in [0.05, 0.1) is 5.69 Å². The van der Waals surface area contributed by atoms with E-state index in [1.54, 1.807) is 7.05 Å². The van der Waals surface area contributed by atoms with Crippen molar-refractivity contribution in [2.75, 3.05) is 25.0 Å². The standard InChI is InChI=1S/C18H24ClN5O/c1-12-17(13(2)25-23-12)10-21-18(20-3)22-15-7-8-24(11-15)16-6-4-5-14(19)9-16/h4-6,9,15H,7-8,10-11H2,1-3H3,(H2,20,21,22). The first-order valence-corrected chi connectivity index (χ1v) is 8.84. The molecular weight excluding hydrogens is 338 g/mol. The fourth-order valence-electron chi connectivity index (χ4n) is 3.10. The number of hydrogen-bond acceptors (Lipinski definition) is 4. The molecule has 1 aromatic heterocycles. The highest BCUT2D eigenvalue weighted by molar-refractivity contribution is 6.30. The van der Waals surface area contributed by atoms with Crippen molar-refractivity contribution >= 4 is 23.2 Å². The smallest absolute Gasteiger partial charge is 0.191 e. The molecule has 0 saturated carbocycles. The molecule has 0 radical (unpaired) electrons. The quantitative estimate of drug-likeness (QED) is 0.647. The summed E-state index contributed by atoms with van der Waals surface area (Å²) >= 11 is 6.10. The normalized spacial score (nSPS) is 17.8. The summed E-state index contributed by atoms with van der Waals surface area (Å²) < 4.78 is 5.20. The van der Waals surface area contributed by atoms with Gasteiger partial charge in [-0.3, -0.25) is 4.99 Å². The number of anilines is 1. The van der Waals surface area contributed by atoms with Crippen molar-refractivity contribution < 1.29 is 4.52 Å². The average Bonchev–Trinajstić information content (AvgIpc) is 3.19. The minimum atomic E-state index is 0.342. The van der Waals surface area contributed by atoms with Gasteiger partial charge in [0.25, 0.3) is 0 Å². The van der Waals surface area contributed by atoms with Crippen LogP contribution >= 0.6 is 11.6 Å². The van der Waals surface area contributed by atoms with E-state index in [1.165, 1.54) is 0 Å². The van der Waals surface area contributed by atoms with Gasteiger partial charge in [-0.15, -0.1) is 0 Å². The van der Waals surface area contributed by atoms with Crippen LogP contribution in [-0.2, 0) is 6.54 Å². The first-order valence-electron chi connectivity index (χ1n) is 8.46. The molecule has 3 rings (SSSR count). The molecular formula is C18H24ClN5O. The van der Waals surface area contributed by atoms with E-state index in [2.05, 4.69) is 31.7 Å². The monoisotopic (exact) mass is 361 g/mol. The van der Waals surface area contributed by atoms with Crippen LogP contribution in [0, 0.1) is 13.8 Å². The molecule has 2 N–H and O–H groups in total. The van der Waals surface area contributed by atoms with Crippen molar-refractivity contribution in [2.45, 2.75) is 32.9 Å². The van der Waals surface area contributed by atoms with Gasteiger partial charge < -0.3 is 20.1 Å². The van der Waals surface area contributed by atoms with Crippen molar-refractivity contribution in [1.29, 1.82) is 0 Å². The summed E-state index contributed by atoms with van der Waals surface area (Å²) in [6.07, 6.45) is 1.05. The van der Waals surface area contributed by atoms with Crippen LogP contribution in [0.5, 0.6) is 0 Å². The van der Waals surface area contributed by atoms with Crippen LogP contribution in [0.25, 0.3) is 0 Å². The number of aliphatic imine (C=N–C) groups is 1. The lowest BCUT2D eigenvalue weighted by molar-refractivity contribution is 0.392. The third-order valence-corrected chi connectivity index (χ3v) is 4.77. The molecule has 2 aromatic rings. The van der Waals surface area contributed by atoms with Gasteiger partial charge >= 0.3 is 0 Å². The van der Waals surface area contributed by atoms with E-state index in [-0.39, 0.29) is 0 Å². The van der Waals surface area contributed by atoms with Crippen LogP contribution in [-0.4, -0.2) is 37.3 Å². The van der Waals surface area contributed by atoms with Gasteiger partial charge in [0, 0.05) is 49.0 Å². The molecule has 0 amide bonds. The molecule has 1 unspecified atom stereocenters. The number of halogens is 1. The van der Waals surface area contributed by atoms with Crippen molar-refractivity contribution in [3.05, 3.63) is 46.3 Å². The Hall–Kier alpha value is -2.21. The number of hydrogen-bond donors (Lipinski definition) is 2. The molecule has 7 heteroatoms. The van der Waals surface area contributed by atoms with Gasteiger partial charge in [-0.05, 0) is 38.5 Å². The van der Waals surface area contributed by atoms with Crippen molar-refractivity contribution in [1.82, 2.24) is 15.8 Å². The maximum absolute atomic E-state index is 6.10. The lowest BCUT2D eigenvalue weighted by Gasteiger charge is -2.20. The zero-order valence-corrected chi connectivity index (χ0v) is 15.6. The van der Waals surface area contributed by atoms with E-state index in [1.807, 2.05) is 32.0 Å². The molecule has 0 bridgehead atoms. The van der Waals surface area contributed by atoms with Crippen molar-refractivity contribution in [3.8, 4) is 0 Å². The van der Waals surface area contributed by atoms with Gasteiger partial charge in [-0.1, -0.05) is 22.8 Å². The Bertz CT molecular complexity index is 738. The Labute approximate surface area is 153 Å². The molecule has 0 spiro atoms. The van der Waals surface area contributed by atoms with Crippen molar-refractivity contribution in [2.24, 2.45) is 4.99 Å². The van der Waals surface area contributed by atoms with E-state index < -0.39 is 0 Å². The maximum Gasteiger partial charge on any atom is 0.191 e. The summed E-state index contributed by atoms with van der Waals surface area (Å²) in [5, 5.41) is 11.6. The molecule has 1 atom stereocenters. The van der Waals surface area contributed by atoms with Crippen LogP contribution in [0.15, 0.2) is 33.8 Å². The fourth-order valence-corrected chi connectivity index (χ4v) is 3.28. The minimum absolute atomic E-state index is 0.342. The number of guanidine groups is 1. The minimum Gasteiger partial charge on any atom is -0.369 e. The predicted octanol–water partition coefficient (Wildman–Crippen LogP) is 2.89. The highest BCUT2D eigenvalue weighted by Gasteiger charge is 2.23. The predicted molar refractivity (Wildman–Crippen MR) is 101 cm³/mol. The van der Waals surface area contributed by atoms with Crippen LogP contribution < -0.4 is 15.5 Å². The first-order chi connectivity index (χ1) is 12.1. The summed E-state index contributed by atoms with van der Waals surface area (Å²) in [6.45, 7) is 6.44. The molecule has 6 nitrogen and oxygen atoms in total. The second kappa shape index (κ2) is 7.78. The summed E-state index contributed by atoms with van der Waals surface area (Å²) in [4.78, 5) is 6.66. The highest BCUT2D eigenvalue weighted by atomic mass is 35.5. The largest absolute Gasteiger partial charge is 0.369 e. The van der Waals surface area contributed by atoms with E-state index in [4.69, 9.17) is 16.1 Å². The summed E-state index contributed by atoms with van der Waals surface area (Å²) in [6, 6.07) is 8.34. The summed E-state index contributed by atoms with van der Waals surface area (Å²) in [7, 11) is 1.78. The fraction of sp³-hybridized carbons (Fsp3) is 0.444. The van der Waals surface area contributed by atoms with E-state index in [0.29, 0.717) is 12.6 Å².